The number of hydrogen-bond acceptors (Lipinski definition) is 2. The molecule has 1 heterocycles. The van der Waals surface area contributed by atoms with Crippen LogP contribution in [0.4, 0.5) is 5.69 Å². The molecular formula is C15H14BCl2NO. The van der Waals surface area contributed by atoms with Crippen molar-refractivity contribution in [3.05, 3.63) is 57.6 Å². The van der Waals surface area contributed by atoms with E-state index < -0.39 is 0 Å². The van der Waals surface area contributed by atoms with Crippen LogP contribution in [-0.2, 0) is 17.8 Å². The van der Waals surface area contributed by atoms with E-state index in [4.69, 9.17) is 27.9 Å². The SMILES string of the molecule is CB1OCc2ccc(NCc3ccc(Cl)c(Cl)c3)cc21. The monoisotopic (exact) mass is 305 g/mol. The molecule has 1 aliphatic heterocycles. The molecular weight excluding hydrogens is 292 g/mol. The van der Waals surface area contributed by atoms with Gasteiger partial charge in [0.2, 0.25) is 0 Å². The molecule has 3 rings (SSSR count). The molecule has 5 heteroatoms. The van der Waals surface area contributed by atoms with E-state index in [0.717, 1.165) is 11.3 Å². The number of anilines is 1. The van der Waals surface area contributed by atoms with Gasteiger partial charge in [0, 0.05) is 12.2 Å². The van der Waals surface area contributed by atoms with Gasteiger partial charge in [0.15, 0.2) is 0 Å². The molecule has 0 bridgehead atoms. The van der Waals surface area contributed by atoms with Gasteiger partial charge >= 0.3 is 6.92 Å². The van der Waals surface area contributed by atoms with Crippen LogP contribution in [0.3, 0.4) is 0 Å². The Kier molecular flexibility index (Phi) is 3.93. The van der Waals surface area contributed by atoms with Gasteiger partial charge in [0.25, 0.3) is 0 Å². The topological polar surface area (TPSA) is 21.3 Å². The third kappa shape index (κ3) is 2.80. The van der Waals surface area contributed by atoms with E-state index >= 15 is 0 Å². The van der Waals surface area contributed by atoms with Gasteiger partial charge in [-0.2, -0.15) is 0 Å². The lowest BCUT2D eigenvalue weighted by molar-refractivity contribution is 0.333. The van der Waals surface area contributed by atoms with Crippen molar-refractivity contribution >= 4 is 41.3 Å². The maximum Gasteiger partial charge on any atom is 0.324 e. The molecule has 102 valence electrons. The summed E-state index contributed by atoms with van der Waals surface area (Å²) in [6.45, 7) is 3.68. The Hall–Kier alpha value is -1.16. The molecule has 0 unspecified atom stereocenters. The number of benzene rings is 2. The van der Waals surface area contributed by atoms with Crippen LogP contribution in [0.15, 0.2) is 36.4 Å². The Morgan fingerprint density at radius 3 is 2.80 bits per heavy atom. The number of nitrogens with one attached hydrogen (secondary N) is 1. The van der Waals surface area contributed by atoms with Crippen molar-refractivity contribution in [2.45, 2.75) is 20.0 Å². The third-order valence-corrected chi connectivity index (χ3v) is 4.29. The molecule has 1 aliphatic rings. The van der Waals surface area contributed by atoms with Crippen LogP contribution < -0.4 is 10.8 Å². The average Bonchev–Trinajstić information content (AvgIpc) is 2.81. The van der Waals surface area contributed by atoms with Gasteiger partial charge < -0.3 is 9.97 Å². The minimum atomic E-state index is 0.178. The van der Waals surface area contributed by atoms with Crippen molar-refractivity contribution in [2.24, 2.45) is 0 Å². The fourth-order valence-corrected chi connectivity index (χ4v) is 2.69. The highest BCUT2D eigenvalue weighted by molar-refractivity contribution is 6.67. The van der Waals surface area contributed by atoms with Gasteiger partial charge in [-0.05, 0) is 40.9 Å². The maximum atomic E-state index is 6.02. The van der Waals surface area contributed by atoms with Gasteiger partial charge in [-0.15, -0.1) is 0 Å². The number of halogens is 2. The Balaban J connectivity index is 1.72. The summed E-state index contributed by atoms with van der Waals surface area (Å²) in [4.78, 5) is 0. The van der Waals surface area contributed by atoms with Crippen molar-refractivity contribution in [3.8, 4) is 0 Å². The number of fused-ring (bicyclic) bond motifs is 1. The highest BCUT2D eigenvalue weighted by atomic mass is 35.5. The van der Waals surface area contributed by atoms with E-state index in [0.29, 0.717) is 23.2 Å². The van der Waals surface area contributed by atoms with Crippen molar-refractivity contribution < 1.29 is 4.65 Å². The summed E-state index contributed by atoms with van der Waals surface area (Å²) >= 11 is 11.9. The molecule has 2 aromatic rings. The first kappa shape index (κ1) is 13.8. The van der Waals surface area contributed by atoms with Crippen molar-refractivity contribution in [1.82, 2.24) is 0 Å². The van der Waals surface area contributed by atoms with E-state index in [2.05, 4.69) is 30.3 Å². The minimum absolute atomic E-state index is 0.178. The van der Waals surface area contributed by atoms with Crippen LogP contribution in [0.5, 0.6) is 0 Å². The quantitative estimate of drug-likeness (QED) is 0.867. The molecule has 0 aliphatic carbocycles. The van der Waals surface area contributed by atoms with Crippen LogP contribution in [0.2, 0.25) is 16.9 Å². The zero-order chi connectivity index (χ0) is 14.1. The predicted octanol–water partition coefficient (Wildman–Crippen LogP) is 3.96. The van der Waals surface area contributed by atoms with Crippen LogP contribution in [0.1, 0.15) is 11.1 Å². The fraction of sp³-hybridized carbons (Fsp3) is 0.200. The maximum absolute atomic E-state index is 6.02. The summed E-state index contributed by atoms with van der Waals surface area (Å²) in [5.74, 6) is 0. The third-order valence-electron chi connectivity index (χ3n) is 3.55. The van der Waals surface area contributed by atoms with Gasteiger partial charge in [0.1, 0.15) is 0 Å². The first-order chi connectivity index (χ1) is 9.63. The average molecular weight is 306 g/mol. The highest BCUT2D eigenvalue weighted by Crippen LogP contribution is 2.23. The van der Waals surface area contributed by atoms with Gasteiger partial charge in [-0.25, -0.2) is 0 Å². The van der Waals surface area contributed by atoms with Crippen molar-refractivity contribution in [3.63, 3.8) is 0 Å². The summed E-state index contributed by atoms with van der Waals surface area (Å²) in [6, 6.07) is 12.0. The first-order valence-corrected chi connectivity index (χ1v) is 7.31. The minimum Gasteiger partial charge on any atom is -0.427 e. The van der Waals surface area contributed by atoms with Gasteiger partial charge in [-0.1, -0.05) is 42.2 Å². The molecule has 0 saturated heterocycles. The Bertz CT molecular complexity index is 648. The lowest BCUT2D eigenvalue weighted by Gasteiger charge is -2.09. The normalized spacial score (nSPS) is 13.4. The molecule has 0 saturated carbocycles. The van der Waals surface area contributed by atoms with Crippen molar-refractivity contribution in [1.29, 1.82) is 0 Å². The predicted molar refractivity (Wildman–Crippen MR) is 86.3 cm³/mol. The molecule has 20 heavy (non-hydrogen) atoms. The molecule has 0 aromatic heterocycles. The van der Waals surface area contributed by atoms with Crippen molar-refractivity contribution in [2.75, 3.05) is 5.32 Å². The van der Waals surface area contributed by atoms with E-state index in [1.165, 1.54) is 11.0 Å². The number of hydrogen-bond donors (Lipinski definition) is 1. The molecule has 0 atom stereocenters. The molecule has 0 amide bonds. The smallest absolute Gasteiger partial charge is 0.324 e. The molecule has 2 aromatic carbocycles. The van der Waals surface area contributed by atoms with E-state index in [1.807, 2.05) is 18.2 Å². The zero-order valence-electron chi connectivity index (χ0n) is 11.1. The fourth-order valence-electron chi connectivity index (χ4n) is 2.37. The standard InChI is InChI=1S/C15H14BCl2NO/c1-16-13-7-12(4-3-11(13)9-20-16)19-8-10-2-5-14(17)15(18)6-10/h2-7,19H,8-9H2,1H3. The van der Waals surface area contributed by atoms with Crippen LogP contribution in [0, 0.1) is 0 Å². The second-order valence-corrected chi connectivity index (χ2v) is 5.78. The highest BCUT2D eigenvalue weighted by Gasteiger charge is 2.23. The first-order valence-electron chi connectivity index (χ1n) is 6.56. The molecule has 0 radical (unpaired) electrons. The number of rotatable bonds is 3. The second-order valence-electron chi connectivity index (χ2n) is 4.97. The van der Waals surface area contributed by atoms with E-state index in [1.54, 1.807) is 0 Å². The largest absolute Gasteiger partial charge is 0.427 e. The Morgan fingerprint density at radius 2 is 2.00 bits per heavy atom. The molecule has 1 N–H and O–H groups in total. The Labute approximate surface area is 129 Å². The molecule has 0 spiro atoms. The Morgan fingerprint density at radius 1 is 1.15 bits per heavy atom. The van der Waals surface area contributed by atoms with Gasteiger partial charge in [-0.3, -0.25) is 0 Å². The second kappa shape index (κ2) is 5.68. The summed E-state index contributed by atoms with van der Waals surface area (Å²) in [6.07, 6.45) is 0. The summed E-state index contributed by atoms with van der Waals surface area (Å²) in [7, 11) is 0. The molecule has 2 nitrogen and oxygen atoms in total. The zero-order valence-corrected chi connectivity index (χ0v) is 12.6. The van der Waals surface area contributed by atoms with Crippen LogP contribution in [-0.4, -0.2) is 6.92 Å². The summed E-state index contributed by atoms with van der Waals surface area (Å²) in [5.41, 5.74) is 4.73. The van der Waals surface area contributed by atoms with Crippen LogP contribution >= 0.6 is 23.2 Å². The summed E-state index contributed by atoms with van der Waals surface area (Å²) < 4.78 is 5.61. The molecule has 0 fully saturated rings. The van der Waals surface area contributed by atoms with E-state index in [-0.39, 0.29) is 6.92 Å². The summed E-state index contributed by atoms with van der Waals surface area (Å²) in [5, 5.41) is 4.57. The van der Waals surface area contributed by atoms with E-state index in [9.17, 15) is 0 Å². The van der Waals surface area contributed by atoms with Gasteiger partial charge in [0.05, 0.1) is 16.7 Å². The van der Waals surface area contributed by atoms with Crippen LogP contribution in [0.25, 0.3) is 0 Å². The lowest BCUT2D eigenvalue weighted by atomic mass is 9.64. The lowest BCUT2D eigenvalue weighted by Crippen LogP contribution is -2.24.